The normalized spacial score (nSPS) is 10.6. The molecule has 2 rings (SSSR count). The molecule has 0 saturated heterocycles. The number of hydrogen-bond donors (Lipinski definition) is 1. The number of nitrogens with one attached hydrogen (secondary N) is 1. The molecule has 0 fully saturated rings. The lowest BCUT2D eigenvalue weighted by Crippen LogP contribution is -2.08. The molecular formula is C15H18ClN3O. The molecule has 1 aromatic carbocycles. The molecular weight excluding hydrogens is 274 g/mol. The van der Waals surface area contributed by atoms with Gasteiger partial charge in [0.25, 0.3) is 0 Å². The van der Waals surface area contributed by atoms with E-state index in [2.05, 4.69) is 15.3 Å². The highest BCUT2D eigenvalue weighted by molar-refractivity contribution is 6.17. The number of benzene rings is 1. The number of rotatable bonds is 6. The molecule has 0 radical (unpaired) electrons. The topological polar surface area (TPSA) is 47.0 Å². The summed E-state index contributed by atoms with van der Waals surface area (Å²) in [7, 11) is 0. The van der Waals surface area contributed by atoms with Crippen LogP contribution in [0.5, 0.6) is 5.88 Å². The van der Waals surface area contributed by atoms with E-state index >= 15 is 0 Å². The molecule has 0 aliphatic carbocycles. The first kappa shape index (κ1) is 14.6. The van der Waals surface area contributed by atoms with Gasteiger partial charge in [-0.1, -0.05) is 12.1 Å². The molecule has 0 atom stereocenters. The van der Waals surface area contributed by atoms with Crippen molar-refractivity contribution in [1.29, 1.82) is 0 Å². The van der Waals surface area contributed by atoms with E-state index < -0.39 is 0 Å². The van der Waals surface area contributed by atoms with Gasteiger partial charge in [0.05, 0.1) is 6.10 Å². The summed E-state index contributed by atoms with van der Waals surface area (Å²) < 4.78 is 5.54. The molecule has 1 aromatic heterocycles. The van der Waals surface area contributed by atoms with Crippen molar-refractivity contribution in [3.05, 3.63) is 42.1 Å². The maximum absolute atomic E-state index is 5.71. The van der Waals surface area contributed by atoms with Gasteiger partial charge >= 0.3 is 0 Å². The van der Waals surface area contributed by atoms with E-state index in [-0.39, 0.29) is 6.10 Å². The molecule has 0 bridgehead atoms. The Bertz CT molecular complexity index is 543. The van der Waals surface area contributed by atoms with Crippen molar-refractivity contribution in [2.75, 3.05) is 11.2 Å². The van der Waals surface area contributed by atoms with Crippen molar-refractivity contribution in [3.63, 3.8) is 0 Å². The average molecular weight is 292 g/mol. The van der Waals surface area contributed by atoms with Gasteiger partial charge in [-0.05, 0) is 38.0 Å². The SMILES string of the molecule is CC(C)Oc1ccnc(Nc2ccc(CCCl)cc2)n1. The second-order valence-corrected chi connectivity index (χ2v) is 5.02. The van der Waals surface area contributed by atoms with Crippen LogP contribution in [-0.2, 0) is 6.42 Å². The van der Waals surface area contributed by atoms with Crippen LogP contribution in [0.15, 0.2) is 36.5 Å². The molecule has 0 unspecified atom stereocenters. The zero-order chi connectivity index (χ0) is 14.4. The predicted molar refractivity (Wildman–Crippen MR) is 81.9 cm³/mol. The molecule has 1 heterocycles. The Morgan fingerprint density at radius 3 is 2.60 bits per heavy atom. The van der Waals surface area contributed by atoms with E-state index in [4.69, 9.17) is 16.3 Å². The van der Waals surface area contributed by atoms with Gasteiger partial charge in [-0.15, -0.1) is 11.6 Å². The second kappa shape index (κ2) is 7.10. The summed E-state index contributed by atoms with van der Waals surface area (Å²) in [6.07, 6.45) is 2.64. The largest absolute Gasteiger partial charge is 0.475 e. The standard InChI is InChI=1S/C15H18ClN3O/c1-11(2)20-14-8-10-17-15(19-14)18-13-5-3-12(4-6-13)7-9-16/h3-6,8,10-11H,7,9H2,1-2H3,(H,17,18,19). The summed E-state index contributed by atoms with van der Waals surface area (Å²) in [6.45, 7) is 3.93. The molecule has 0 aliphatic heterocycles. The van der Waals surface area contributed by atoms with Crippen molar-refractivity contribution in [2.45, 2.75) is 26.4 Å². The molecule has 1 N–H and O–H groups in total. The molecule has 20 heavy (non-hydrogen) atoms. The summed E-state index contributed by atoms with van der Waals surface area (Å²) in [6, 6.07) is 9.80. The van der Waals surface area contributed by atoms with Crippen LogP contribution >= 0.6 is 11.6 Å². The van der Waals surface area contributed by atoms with Gasteiger partial charge in [-0.2, -0.15) is 4.98 Å². The summed E-state index contributed by atoms with van der Waals surface area (Å²) in [4.78, 5) is 8.48. The van der Waals surface area contributed by atoms with Gasteiger partial charge in [0.15, 0.2) is 0 Å². The number of nitrogens with zero attached hydrogens (tertiary/aromatic N) is 2. The Morgan fingerprint density at radius 1 is 1.20 bits per heavy atom. The lowest BCUT2D eigenvalue weighted by atomic mass is 10.1. The summed E-state index contributed by atoms with van der Waals surface area (Å²) in [5, 5.41) is 3.15. The van der Waals surface area contributed by atoms with Gasteiger partial charge in [0, 0.05) is 23.8 Å². The zero-order valence-corrected chi connectivity index (χ0v) is 12.4. The first-order valence-corrected chi connectivity index (χ1v) is 7.12. The Labute approximate surface area is 124 Å². The third-order valence-corrected chi connectivity index (χ3v) is 2.77. The van der Waals surface area contributed by atoms with Gasteiger partial charge in [0.2, 0.25) is 11.8 Å². The highest BCUT2D eigenvalue weighted by Gasteiger charge is 2.03. The third kappa shape index (κ3) is 4.38. The van der Waals surface area contributed by atoms with Gasteiger partial charge in [-0.3, -0.25) is 0 Å². The molecule has 0 spiro atoms. The van der Waals surface area contributed by atoms with Gasteiger partial charge < -0.3 is 10.1 Å². The Morgan fingerprint density at radius 2 is 1.95 bits per heavy atom. The highest BCUT2D eigenvalue weighted by Crippen LogP contribution is 2.16. The van der Waals surface area contributed by atoms with Crippen molar-refractivity contribution in [1.82, 2.24) is 9.97 Å². The predicted octanol–water partition coefficient (Wildman–Crippen LogP) is 3.79. The van der Waals surface area contributed by atoms with Crippen LogP contribution < -0.4 is 10.1 Å². The minimum absolute atomic E-state index is 0.0904. The lowest BCUT2D eigenvalue weighted by Gasteiger charge is -2.10. The fraction of sp³-hybridized carbons (Fsp3) is 0.333. The van der Waals surface area contributed by atoms with Crippen molar-refractivity contribution >= 4 is 23.2 Å². The lowest BCUT2D eigenvalue weighted by molar-refractivity contribution is 0.232. The number of halogens is 1. The number of anilines is 2. The number of hydrogen-bond acceptors (Lipinski definition) is 4. The minimum Gasteiger partial charge on any atom is -0.475 e. The monoisotopic (exact) mass is 291 g/mol. The zero-order valence-electron chi connectivity index (χ0n) is 11.6. The van der Waals surface area contributed by atoms with Crippen molar-refractivity contribution in [2.24, 2.45) is 0 Å². The van der Waals surface area contributed by atoms with E-state index in [1.807, 2.05) is 38.1 Å². The van der Waals surface area contributed by atoms with Crippen LogP contribution in [0.25, 0.3) is 0 Å². The van der Waals surface area contributed by atoms with E-state index in [0.29, 0.717) is 17.7 Å². The maximum Gasteiger partial charge on any atom is 0.230 e. The molecule has 4 nitrogen and oxygen atoms in total. The summed E-state index contributed by atoms with van der Waals surface area (Å²) in [5.41, 5.74) is 2.15. The van der Waals surface area contributed by atoms with Crippen LogP contribution in [0.2, 0.25) is 0 Å². The Balaban J connectivity index is 2.05. The van der Waals surface area contributed by atoms with Crippen LogP contribution in [0.3, 0.4) is 0 Å². The summed E-state index contributed by atoms with van der Waals surface area (Å²) >= 11 is 5.71. The number of aromatic nitrogens is 2. The van der Waals surface area contributed by atoms with Crippen LogP contribution in [0.1, 0.15) is 19.4 Å². The van der Waals surface area contributed by atoms with Gasteiger partial charge in [0.1, 0.15) is 0 Å². The van der Waals surface area contributed by atoms with E-state index in [1.165, 1.54) is 5.56 Å². The van der Waals surface area contributed by atoms with Crippen molar-refractivity contribution in [3.8, 4) is 5.88 Å². The molecule has 0 aliphatic rings. The minimum atomic E-state index is 0.0904. The smallest absolute Gasteiger partial charge is 0.230 e. The molecule has 5 heteroatoms. The molecule has 0 saturated carbocycles. The van der Waals surface area contributed by atoms with Crippen molar-refractivity contribution < 1.29 is 4.74 Å². The third-order valence-electron chi connectivity index (χ3n) is 2.58. The average Bonchev–Trinajstić information content (AvgIpc) is 2.41. The second-order valence-electron chi connectivity index (χ2n) is 4.65. The van der Waals surface area contributed by atoms with E-state index in [9.17, 15) is 0 Å². The number of ether oxygens (including phenoxy) is 1. The fourth-order valence-electron chi connectivity index (χ4n) is 1.70. The Kier molecular flexibility index (Phi) is 5.18. The number of aryl methyl sites for hydroxylation is 1. The maximum atomic E-state index is 5.71. The first-order valence-electron chi connectivity index (χ1n) is 6.59. The highest BCUT2D eigenvalue weighted by atomic mass is 35.5. The Hall–Kier alpha value is -1.81. The van der Waals surface area contributed by atoms with E-state index in [1.54, 1.807) is 12.3 Å². The molecule has 0 amide bonds. The molecule has 2 aromatic rings. The van der Waals surface area contributed by atoms with Gasteiger partial charge in [-0.25, -0.2) is 4.98 Å². The fourth-order valence-corrected chi connectivity index (χ4v) is 1.92. The summed E-state index contributed by atoms with van der Waals surface area (Å²) in [5.74, 6) is 1.72. The van der Waals surface area contributed by atoms with Crippen LogP contribution in [0.4, 0.5) is 11.6 Å². The number of alkyl halides is 1. The quantitative estimate of drug-likeness (QED) is 0.823. The van der Waals surface area contributed by atoms with E-state index in [0.717, 1.165) is 12.1 Å². The molecule has 106 valence electrons. The van der Waals surface area contributed by atoms with Crippen LogP contribution in [0, 0.1) is 0 Å². The van der Waals surface area contributed by atoms with Crippen LogP contribution in [-0.4, -0.2) is 22.0 Å². The first-order chi connectivity index (χ1) is 9.67.